The third-order valence-electron chi connectivity index (χ3n) is 14.8. The van der Waals surface area contributed by atoms with Crippen molar-refractivity contribution in [3.63, 3.8) is 0 Å². The Balaban J connectivity index is 0.849. The molecule has 6 fully saturated rings. The molecule has 0 spiro atoms. The fourth-order valence-electron chi connectivity index (χ4n) is 11.5. The smallest absolute Gasteiger partial charge is 0.404 e. The summed E-state index contributed by atoms with van der Waals surface area (Å²) in [4.78, 5) is 35.8. The van der Waals surface area contributed by atoms with Gasteiger partial charge in [0.15, 0.2) is 0 Å². The number of rotatable bonds is 14. The Kier molecular flexibility index (Phi) is 12.7. The van der Waals surface area contributed by atoms with Crippen molar-refractivity contribution in [2.75, 3.05) is 90.0 Å². The van der Waals surface area contributed by atoms with Gasteiger partial charge in [0.05, 0.1) is 5.92 Å². The third kappa shape index (κ3) is 8.94. The van der Waals surface area contributed by atoms with Gasteiger partial charge in [-0.05, 0) is 138 Å². The lowest BCUT2D eigenvalue weighted by molar-refractivity contribution is -0.151. The van der Waals surface area contributed by atoms with E-state index in [0.717, 1.165) is 128 Å². The van der Waals surface area contributed by atoms with E-state index in [-0.39, 0.29) is 47.8 Å². The zero-order valence-corrected chi connectivity index (χ0v) is 34.1. The average molecular weight is 805 g/mol. The van der Waals surface area contributed by atoms with Gasteiger partial charge in [0.1, 0.15) is 5.82 Å². The number of carbonyl (C=O) groups excluding carboxylic acids is 1. The van der Waals surface area contributed by atoms with Crippen LogP contribution < -0.4 is 10.2 Å². The molecule has 4 atom stereocenters. The number of alkyl halides is 2. The predicted octanol–water partition coefficient (Wildman–Crippen LogP) is 7.04. The van der Waals surface area contributed by atoms with Crippen LogP contribution >= 0.6 is 0 Å². The maximum atomic E-state index is 15.6. The summed E-state index contributed by atoms with van der Waals surface area (Å²) >= 11 is 0. The molecule has 58 heavy (non-hydrogen) atoms. The van der Waals surface area contributed by atoms with E-state index in [2.05, 4.69) is 31.0 Å². The first-order chi connectivity index (χ1) is 28.1. The monoisotopic (exact) mass is 804 g/mol. The maximum absolute atomic E-state index is 15.6. The Bertz CT molecular complexity index is 1740. The molecule has 8 rings (SSSR count). The highest BCUT2D eigenvalue weighted by atomic mass is 19.3. The average Bonchev–Trinajstić information content (AvgIpc) is 3.85. The van der Waals surface area contributed by atoms with Crippen LogP contribution in [-0.2, 0) is 16.1 Å². The Labute approximate surface area is 342 Å². The number of benzene rings is 2. The van der Waals surface area contributed by atoms with E-state index in [9.17, 15) is 19.1 Å². The summed E-state index contributed by atoms with van der Waals surface area (Å²) < 4.78 is 46.2. The first-order valence-electron chi connectivity index (χ1n) is 22.2. The van der Waals surface area contributed by atoms with Gasteiger partial charge in [-0.3, -0.25) is 9.69 Å². The summed E-state index contributed by atoms with van der Waals surface area (Å²) in [5, 5.41) is 12.7. The van der Waals surface area contributed by atoms with Crippen molar-refractivity contribution in [1.29, 1.82) is 0 Å². The van der Waals surface area contributed by atoms with Gasteiger partial charge in [-0.2, -0.15) is 0 Å². The minimum Gasteiger partial charge on any atom is -0.465 e. The van der Waals surface area contributed by atoms with Crippen LogP contribution in [0.4, 0.5) is 23.7 Å². The summed E-state index contributed by atoms with van der Waals surface area (Å²) in [6.07, 6.45) is 13.0. The maximum Gasteiger partial charge on any atom is 0.404 e. The largest absolute Gasteiger partial charge is 0.465 e. The molecule has 2 N–H and O–H groups in total. The molecule has 9 nitrogen and oxygen atoms in total. The Morgan fingerprint density at radius 3 is 2.19 bits per heavy atom. The highest BCUT2D eigenvalue weighted by Crippen LogP contribution is 2.52. The Morgan fingerprint density at radius 2 is 1.50 bits per heavy atom. The Hall–Kier alpha value is -3.61. The van der Waals surface area contributed by atoms with Crippen LogP contribution in [0.2, 0.25) is 0 Å². The SMILES string of the molecule is O=C(O)N[C@H]1CCC[C@@H]1[C@](CN1CCC1)(c1cccc(F)c1)C1CCN(C[C@@H]2CCN(c3ccc(C(F)(F)C4CN(C(=O)/C=C/CN5CCCCC5)C4)cc3)C2)CC1. The van der Waals surface area contributed by atoms with E-state index in [0.29, 0.717) is 11.8 Å². The number of carboxylic acid groups (broad SMARTS) is 1. The van der Waals surface area contributed by atoms with Gasteiger partial charge in [-0.15, -0.1) is 0 Å². The van der Waals surface area contributed by atoms with Crippen LogP contribution in [0.15, 0.2) is 60.7 Å². The second-order valence-electron chi connectivity index (χ2n) is 18.3. The van der Waals surface area contributed by atoms with Crippen LogP contribution in [0.5, 0.6) is 0 Å². The van der Waals surface area contributed by atoms with Crippen molar-refractivity contribution in [2.45, 2.75) is 81.6 Å². The molecule has 12 heteroatoms. The van der Waals surface area contributed by atoms with Gasteiger partial charge < -0.3 is 30.0 Å². The number of likely N-dealkylation sites (tertiary alicyclic amines) is 4. The summed E-state index contributed by atoms with van der Waals surface area (Å²) in [6, 6.07) is 13.8. The highest BCUT2D eigenvalue weighted by molar-refractivity contribution is 5.88. The first-order valence-corrected chi connectivity index (χ1v) is 22.2. The minimum absolute atomic E-state index is 0.0127. The standard InChI is InChI=1S/C46H63F3N6O3/c47-39-9-4-8-37(28-39)45(33-53-23-7-24-53,41-10-5-11-42(41)50-44(57)58)35-18-25-52(26-19-35)29-34-17-27-54(30-34)40-15-13-36(14-16-40)46(48,49)38-31-55(32-38)43(56)12-6-22-51-20-2-1-3-21-51/h4,6,8-9,12-16,28,34-35,38,41-42,50H,1-3,5,7,10-11,17-27,29-33H2,(H,57,58)/b12-6+/t34-,41-,42-,45-/m0/s1. The van der Waals surface area contributed by atoms with E-state index in [1.54, 1.807) is 24.3 Å². The summed E-state index contributed by atoms with van der Waals surface area (Å²) in [7, 11) is 0. The number of carbonyl (C=O) groups is 2. The van der Waals surface area contributed by atoms with Crippen LogP contribution in [0, 0.1) is 29.5 Å². The van der Waals surface area contributed by atoms with Crippen LogP contribution in [0.3, 0.4) is 0 Å². The van der Waals surface area contributed by atoms with Crippen molar-refractivity contribution in [3.8, 4) is 0 Å². The van der Waals surface area contributed by atoms with E-state index >= 15 is 8.78 Å². The highest BCUT2D eigenvalue weighted by Gasteiger charge is 2.53. The second kappa shape index (κ2) is 17.9. The van der Waals surface area contributed by atoms with E-state index in [4.69, 9.17) is 0 Å². The molecule has 0 aromatic heterocycles. The van der Waals surface area contributed by atoms with Crippen LogP contribution in [-0.4, -0.2) is 128 Å². The van der Waals surface area contributed by atoms with Gasteiger partial charge in [-0.25, -0.2) is 18.0 Å². The Morgan fingerprint density at radius 1 is 0.759 bits per heavy atom. The molecule has 2 amide bonds. The quantitative estimate of drug-likeness (QED) is 0.199. The van der Waals surface area contributed by atoms with Gasteiger partial charge >= 0.3 is 6.09 Å². The fourth-order valence-corrected chi connectivity index (χ4v) is 11.5. The van der Waals surface area contributed by atoms with Crippen molar-refractivity contribution < 1.29 is 27.9 Å². The number of nitrogens with zero attached hydrogens (tertiary/aromatic N) is 5. The minimum atomic E-state index is -3.00. The molecule has 0 bridgehead atoms. The van der Waals surface area contributed by atoms with Crippen molar-refractivity contribution in [1.82, 2.24) is 24.9 Å². The molecule has 316 valence electrons. The van der Waals surface area contributed by atoms with Crippen LogP contribution in [0.25, 0.3) is 0 Å². The number of piperidine rings is 2. The van der Waals surface area contributed by atoms with Crippen molar-refractivity contribution in [3.05, 3.63) is 77.6 Å². The van der Waals surface area contributed by atoms with Crippen molar-refractivity contribution in [2.24, 2.45) is 23.7 Å². The molecular weight excluding hydrogens is 742 g/mol. The van der Waals surface area contributed by atoms with Gasteiger partial charge in [0, 0.05) is 74.6 Å². The predicted molar refractivity (Wildman–Crippen MR) is 221 cm³/mol. The molecule has 0 unspecified atom stereocenters. The van der Waals surface area contributed by atoms with Crippen molar-refractivity contribution >= 4 is 17.7 Å². The summed E-state index contributed by atoms with van der Waals surface area (Å²) in [5.41, 5.74) is 1.66. The molecule has 1 saturated carbocycles. The number of amides is 2. The van der Waals surface area contributed by atoms with Gasteiger partial charge in [0.25, 0.3) is 5.92 Å². The number of hydrogen-bond donors (Lipinski definition) is 2. The molecule has 5 aliphatic heterocycles. The lowest BCUT2D eigenvalue weighted by Gasteiger charge is -2.53. The number of nitrogens with one attached hydrogen (secondary N) is 1. The number of hydrogen-bond acceptors (Lipinski definition) is 6. The lowest BCUT2D eigenvalue weighted by Crippen LogP contribution is -2.59. The number of anilines is 1. The third-order valence-corrected chi connectivity index (χ3v) is 14.8. The number of halogens is 3. The zero-order valence-electron chi connectivity index (χ0n) is 34.1. The summed E-state index contributed by atoms with van der Waals surface area (Å²) in [5.74, 6) is -3.42. The second-order valence-corrected chi connectivity index (χ2v) is 18.3. The first kappa shape index (κ1) is 41.1. The van der Waals surface area contributed by atoms with Gasteiger partial charge in [0.2, 0.25) is 5.91 Å². The molecule has 0 radical (unpaired) electrons. The molecule has 2 aromatic rings. The van der Waals surface area contributed by atoms with E-state index < -0.39 is 17.9 Å². The van der Waals surface area contributed by atoms with E-state index in [1.807, 2.05) is 24.3 Å². The fraction of sp³-hybridized carbons (Fsp3) is 0.652. The zero-order chi connectivity index (χ0) is 40.3. The summed E-state index contributed by atoms with van der Waals surface area (Å²) in [6.45, 7) is 10.5. The van der Waals surface area contributed by atoms with Crippen LogP contribution in [0.1, 0.15) is 75.3 Å². The molecular formula is C46H63F3N6O3. The molecule has 5 saturated heterocycles. The van der Waals surface area contributed by atoms with E-state index in [1.165, 1.54) is 30.2 Å². The lowest BCUT2D eigenvalue weighted by atomic mass is 9.57. The van der Waals surface area contributed by atoms with Gasteiger partial charge in [-0.1, -0.05) is 43.2 Å². The molecule has 6 aliphatic rings. The topological polar surface area (TPSA) is 82.6 Å². The molecule has 1 aliphatic carbocycles. The normalized spacial score (nSPS) is 26.8. The molecule has 2 aromatic carbocycles. The molecule has 5 heterocycles.